The number of carboxylic acid groups (broad SMARTS) is 2. The summed E-state index contributed by atoms with van der Waals surface area (Å²) in [6.45, 7) is 0.135. The molecule has 18 heteroatoms. The molecule has 0 heterocycles. The van der Waals surface area contributed by atoms with Crippen LogP contribution in [0.3, 0.4) is 0 Å². The maximum atomic E-state index is 13.8. The Morgan fingerprint density at radius 3 is 1.93 bits per heavy atom. The van der Waals surface area contributed by atoms with Gasteiger partial charge in [-0.15, -0.1) is 0 Å². The average Bonchev–Trinajstić information content (AvgIpc) is 3.17. The summed E-state index contributed by atoms with van der Waals surface area (Å²) in [7, 11) is -4.13. The van der Waals surface area contributed by atoms with Crippen LogP contribution in [-0.4, -0.2) is 61.8 Å². The number of hydrogen-bond acceptors (Lipinski definition) is 9. The van der Waals surface area contributed by atoms with Gasteiger partial charge >= 0.3 is 109 Å². The van der Waals surface area contributed by atoms with Crippen LogP contribution < -0.4 is 128 Å². The van der Waals surface area contributed by atoms with Crippen molar-refractivity contribution in [2.45, 2.75) is 62.6 Å². The van der Waals surface area contributed by atoms with E-state index in [0.29, 0.717) is 31.4 Å². The quantitative estimate of drug-likeness (QED) is 0.136. The Morgan fingerprint density at radius 2 is 1.38 bits per heavy atom. The zero-order valence-corrected chi connectivity index (χ0v) is 39.2. The molecule has 1 aliphatic rings. The molecule has 12 nitrogen and oxygen atoms in total. The Balaban J connectivity index is 0.00000450. The Labute approximate surface area is 419 Å². The predicted molar refractivity (Wildman–Crippen MR) is 195 cm³/mol. The molecule has 4 aromatic rings. The zero-order chi connectivity index (χ0) is 40.6. The van der Waals surface area contributed by atoms with Gasteiger partial charge in [0, 0.05) is 29.8 Å². The van der Waals surface area contributed by atoms with Crippen LogP contribution >= 0.6 is 0 Å². The smallest absolute Gasteiger partial charge is 0.550 e. The van der Waals surface area contributed by atoms with Crippen molar-refractivity contribution in [3.05, 3.63) is 119 Å². The molecule has 0 bridgehead atoms. The maximum absolute atomic E-state index is 13.8. The summed E-state index contributed by atoms with van der Waals surface area (Å²) in [6.07, 6.45) is -2.26. The molecule has 1 saturated carbocycles. The van der Waals surface area contributed by atoms with Gasteiger partial charge in [-0.05, 0) is 110 Å². The maximum Gasteiger partial charge on any atom is 1.00 e. The third-order valence-corrected chi connectivity index (χ3v) is 11.5. The minimum absolute atomic E-state index is 0. The van der Waals surface area contributed by atoms with Crippen molar-refractivity contribution < 1.29 is 158 Å². The van der Waals surface area contributed by atoms with Crippen LogP contribution in [0.1, 0.15) is 74.8 Å². The van der Waals surface area contributed by atoms with E-state index in [1.165, 1.54) is 46.8 Å². The summed E-state index contributed by atoms with van der Waals surface area (Å²) < 4.78 is 72.5. The predicted octanol–water partition coefficient (Wildman–Crippen LogP) is -1.39. The Hall–Kier alpha value is -2.47. The first-order chi connectivity index (χ1) is 26.5. The molecule has 296 valence electrons. The molecule has 5 rings (SSSR count). The van der Waals surface area contributed by atoms with Crippen molar-refractivity contribution in [3.8, 4) is 5.75 Å². The summed E-state index contributed by atoms with van der Waals surface area (Å²) in [4.78, 5) is 49.2. The number of benzene rings is 4. The largest absolute Gasteiger partial charge is 1.00 e. The number of hydrogen-bond donors (Lipinski definition) is 2. The third-order valence-electron chi connectivity index (χ3n) is 9.44. The molecule has 0 radical (unpaired) electrons. The van der Waals surface area contributed by atoms with E-state index in [1.807, 2.05) is 0 Å². The first-order valence-electron chi connectivity index (χ1n) is 17.7. The van der Waals surface area contributed by atoms with E-state index in [1.54, 1.807) is 43.3 Å². The second kappa shape index (κ2) is 22.4. The fourth-order valence-electron chi connectivity index (χ4n) is 6.48. The van der Waals surface area contributed by atoms with Crippen LogP contribution in [0, 0.1) is 5.92 Å². The van der Waals surface area contributed by atoms with Crippen molar-refractivity contribution in [2.24, 2.45) is 5.92 Å². The van der Waals surface area contributed by atoms with Gasteiger partial charge in [-0.1, -0.05) is 49.4 Å². The molecule has 0 atom stereocenters. The fraction of sp³-hybridized carbons (Fsp3) is 0.300. The molecule has 2 amide bonds. The molecular formula is C40H38F3K2N3O9S. The molecule has 0 saturated heterocycles. The molecule has 0 spiro atoms. The number of aryl methyl sites for hydroxylation is 2. The van der Waals surface area contributed by atoms with Gasteiger partial charge < -0.3 is 35.2 Å². The molecule has 0 aromatic heterocycles. The number of aliphatic carboxylic acids is 1. The number of sulfonamides is 1. The van der Waals surface area contributed by atoms with Crippen LogP contribution in [0.15, 0.2) is 95.9 Å². The summed E-state index contributed by atoms with van der Waals surface area (Å²) >= 11 is 0. The van der Waals surface area contributed by atoms with Crippen molar-refractivity contribution in [1.82, 2.24) is 4.31 Å². The normalized spacial score (nSPS) is 15.3. The van der Waals surface area contributed by atoms with Crippen molar-refractivity contribution in [2.75, 3.05) is 23.8 Å². The van der Waals surface area contributed by atoms with Crippen LogP contribution in [0.2, 0.25) is 0 Å². The Bertz CT molecular complexity index is 2180. The molecule has 2 N–H and O–H groups in total. The number of carbonyl (C=O) groups is 4. The van der Waals surface area contributed by atoms with Gasteiger partial charge in [-0.2, -0.15) is 17.5 Å². The van der Waals surface area contributed by atoms with E-state index >= 15 is 0 Å². The number of nitrogens with one attached hydrogen (secondary N) is 2. The molecule has 58 heavy (non-hydrogen) atoms. The van der Waals surface area contributed by atoms with Gasteiger partial charge in [-0.25, -0.2) is 8.42 Å². The second-order valence-corrected chi connectivity index (χ2v) is 15.2. The standard InChI is InChI=1S/C40H40F3N3O9S.2K/c1-2-46(31-18-14-28(15-19-31)39(51)52)56(53,54)33-5-3-4-29(22-33)36(47)45-35-21-20-32(55-24-40(41,42)43)23-34(35)37(48)44-30-16-10-26(11-17-30)7-6-25-8-12-27(13-9-25)38(49)50;;/h3-5,8-13,16-17,20-23,28,31H,2,6-7,14-15,18-19,24H2,1H3,(H,44,48)(H,45,47)(H,49,50)(H,51,52);;/q;2*+1/p-2/t28-,31-;;. The SMILES string of the molecule is CCN([C@H]1CC[C@H](C(=O)[O-])CC1)S(=O)(=O)c1cccc(C(=O)Nc2ccc(OCC(F)(F)F)cc2C(=O)Nc2ccc(CCc3ccc(C(=O)[O-])cc3)cc2)c1.[K+].[K+]. The minimum atomic E-state index is -4.66. The van der Waals surface area contributed by atoms with Crippen molar-refractivity contribution in [3.63, 3.8) is 0 Å². The van der Waals surface area contributed by atoms with Crippen LogP contribution in [-0.2, 0) is 27.7 Å². The number of anilines is 2. The monoisotopic (exact) mass is 871 g/mol. The van der Waals surface area contributed by atoms with Gasteiger partial charge in [0.1, 0.15) is 5.75 Å². The number of halogens is 3. The summed E-state index contributed by atoms with van der Waals surface area (Å²) in [6, 6.07) is 21.3. The number of rotatable bonds is 15. The average molecular weight is 872 g/mol. The van der Waals surface area contributed by atoms with Crippen LogP contribution in [0.4, 0.5) is 24.5 Å². The zero-order valence-electron chi connectivity index (χ0n) is 32.1. The molecule has 4 aromatic carbocycles. The molecule has 0 unspecified atom stereocenters. The summed E-state index contributed by atoms with van der Waals surface area (Å²) in [5.41, 5.74) is 1.79. The third kappa shape index (κ3) is 13.8. The van der Waals surface area contributed by atoms with E-state index in [0.717, 1.165) is 23.3 Å². The number of aromatic carboxylic acids is 1. The van der Waals surface area contributed by atoms with Gasteiger partial charge in [0.25, 0.3) is 11.8 Å². The van der Waals surface area contributed by atoms with E-state index in [9.17, 15) is 51.0 Å². The number of ether oxygens (including phenoxy) is 1. The van der Waals surface area contributed by atoms with Gasteiger partial charge in [-0.3, -0.25) is 9.59 Å². The van der Waals surface area contributed by atoms with E-state index in [2.05, 4.69) is 10.6 Å². The number of alkyl halides is 3. The van der Waals surface area contributed by atoms with E-state index in [4.69, 9.17) is 4.74 Å². The van der Waals surface area contributed by atoms with Gasteiger partial charge in [0.05, 0.1) is 22.1 Å². The number of carbonyl (C=O) groups excluding carboxylic acids is 4. The van der Waals surface area contributed by atoms with E-state index < -0.39 is 58.5 Å². The van der Waals surface area contributed by atoms with Gasteiger partial charge in [0.2, 0.25) is 10.0 Å². The molecule has 0 aliphatic heterocycles. The first kappa shape index (κ1) is 49.9. The van der Waals surface area contributed by atoms with Crippen LogP contribution in [0.5, 0.6) is 5.75 Å². The van der Waals surface area contributed by atoms with Gasteiger partial charge in [0.15, 0.2) is 6.61 Å². The van der Waals surface area contributed by atoms with Crippen molar-refractivity contribution in [1.29, 1.82) is 0 Å². The molecular weight excluding hydrogens is 834 g/mol. The topological polar surface area (TPSA) is 185 Å². The minimum Gasteiger partial charge on any atom is -0.550 e. The molecule has 1 aliphatic carbocycles. The van der Waals surface area contributed by atoms with Crippen LogP contribution in [0.25, 0.3) is 0 Å². The van der Waals surface area contributed by atoms with Crippen molar-refractivity contribution >= 4 is 45.2 Å². The number of carboxylic acids is 2. The van der Waals surface area contributed by atoms with E-state index in [-0.39, 0.29) is 155 Å². The summed E-state index contributed by atoms with van der Waals surface area (Å²) in [5.74, 6) is -4.98. The Morgan fingerprint density at radius 1 is 0.776 bits per heavy atom. The Kier molecular flexibility index (Phi) is 19.3. The number of nitrogens with zero attached hydrogens (tertiary/aromatic N) is 1. The molecule has 1 fully saturated rings. The second-order valence-electron chi connectivity index (χ2n) is 13.3. The fourth-order valence-corrected chi connectivity index (χ4v) is 8.22. The summed E-state index contributed by atoms with van der Waals surface area (Å²) in [5, 5.41) is 27.5. The number of amides is 2. The first-order valence-corrected chi connectivity index (χ1v) is 19.2.